The van der Waals surface area contributed by atoms with Gasteiger partial charge in [0.2, 0.25) is 0 Å². The number of hydrogen-bond donors (Lipinski definition) is 1. The number of carbonyl (C=O) groups is 2. The molecule has 1 aromatic rings. The summed E-state index contributed by atoms with van der Waals surface area (Å²) in [7, 11) is 1.45. The maximum Gasteiger partial charge on any atom is 0.490 e. The van der Waals surface area contributed by atoms with Crippen molar-refractivity contribution >= 4 is 27.8 Å². The number of benzene rings is 1. The molecule has 1 amide bonds. The predicted molar refractivity (Wildman–Crippen MR) is 83.2 cm³/mol. The van der Waals surface area contributed by atoms with Crippen LogP contribution in [0.15, 0.2) is 16.6 Å². The predicted octanol–water partition coefficient (Wildman–Crippen LogP) is 1.86. The number of hydrogen-bond acceptors (Lipinski definition) is 5. The Morgan fingerprint density at radius 1 is 1.40 bits per heavy atom. The van der Waals surface area contributed by atoms with Crippen molar-refractivity contribution in [1.82, 2.24) is 10.2 Å². The van der Waals surface area contributed by atoms with E-state index in [4.69, 9.17) is 4.74 Å². The molecule has 2 heterocycles. The number of nitrogens with zero attached hydrogens (tertiary/aromatic N) is 1. The van der Waals surface area contributed by atoms with Crippen LogP contribution in [0.2, 0.25) is 0 Å². The second kappa shape index (κ2) is 6.49. The summed E-state index contributed by atoms with van der Waals surface area (Å²) in [4.78, 5) is 25.4. The zero-order chi connectivity index (χ0) is 18.4. The van der Waals surface area contributed by atoms with Crippen molar-refractivity contribution in [3.05, 3.63) is 27.7 Å². The van der Waals surface area contributed by atoms with Crippen molar-refractivity contribution in [3.8, 4) is 5.75 Å². The molecule has 10 heteroatoms. The number of esters is 1. The van der Waals surface area contributed by atoms with Gasteiger partial charge in [-0.1, -0.05) is 0 Å². The highest BCUT2D eigenvalue weighted by Crippen LogP contribution is 2.37. The van der Waals surface area contributed by atoms with Crippen LogP contribution in [0.1, 0.15) is 15.9 Å². The second-order valence-corrected chi connectivity index (χ2v) is 6.51. The highest BCUT2D eigenvalue weighted by molar-refractivity contribution is 9.10. The minimum Gasteiger partial charge on any atom is -0.496 e. The summed E-state index contributed by atoms with van der Waals surface area (Å²) in [6.07, 6.45) is -6.14. The Labute approximate surface area is 149 Å². The molecule has 25 heavy (non-hydrogen) atoms. The van der Waals surface area contributed by atoms with Gasteiger partial charge in [0.15, 0.2) is 6.23 Å². The lowest BCUT2D eigenvalue weighted by atomic mass is 9.90. The third-order valence-corrected chi connectivity index (χ3v) is 4.90. The van der Waals surface area contributed by atoms with Gasteiger partial charge in [-0.3, -0.25) is 10.1 Å². The zero-order valence-corrected chi connectivity index (χ0v) is 14.6. The molecule has 1 saturated heterocycles. The minimum absolute atomic E-state index is 0.201. The van der Waals surface area contributed by atoms with Gasteiger partial charge in [0, 0.05) is 29.5 Å². The first-order chi connectivity index (χ1) is 11.7. The van der Waals surface area contributed by atoms with Crippen LogP contribution in [-0.2, 0) is 16.0 Å². The van der Waals surface area contributed by atoms with E-state index in [1.165, 1.54) is 12.0 Å². The molecule has 1 fully saturated rings. The molecule has 136 valence electrons. The normalized spacial score (nSPS) is 22.9. The fourth-order valence-corrected chi connectivity index (χ4v) is 3.68. The Morgan fingerprint density at radius 2 is 2.12 bits per heavy atom. The third kappa shape index (κ3) is 3.20. The molecule has 0 aromatic heterocycles. The van der Waals surface area contributed by atoms with Gasteiger partial charge in [0.05, 0.1) is 18.7 Å². The fraction of sp³-hybridized carbons (Fsp3) is 0.467. The molecular formula is C15H14BrF3N2O4. The number of ether oxygens (including phenoxy) is 2. The number of rotatable bonds is 2. The van der Waals surface area contributed by atoms with Crippen LogP contribution >= 0.6 is 15.9 Å². The summed E-state index contributed by atoms with van der Waals surface area (Å²) >= 11 is 3.33. The van der Waals surface area contributed by atoms with Crippen LogP contribution in [0.25, 0.3) is 0 Å². The number of fused-ring (bicyclic) bond motifs is 2. The van der Waals surface area contributed by atoms with E-state index in [0.29, 0.717) is 27.9 Å². The van der Waals surface area contributed by atoms with Gasteiger partial charge in [0.1, 0.15) is 5.75 Å². The van der Waals surface area contributed by atoms with Gasteiger partial charge >= 0.3 is 12.1 Å². The quantitative estimate of drug-likeness (QED) is 0.736. The van der Waals surface area contributed by atoms with Gasteiger partial charge in [-0.25, -0.2) is 4.79 Å². The van der Waals surface area contributed by atoms with E-state index in [9.17, 15) is 22.8 Å². The summed E-state index contributed by atoms with van der Waals surface area (Å²) in [6.45, 7) is 0.515. The summed E-state index contributed by atoms with van der Waals surface area (Å²) in [5, 5.41) is 2.74. The SMILES string of the molecule is COc1ccc(Br)c2c1C[C@@H]1C(OC(=O)C(F)(F)F)NCCN1C2=O. The number of carbonyl (C=O) groups excluding carboxylic acids is 2. The number of methoxy groups -OCH3 is 1. The first-order valence-corrected chi connectivity index (χ1v) is 8.21. The first-order valence-electron chi connectivity index (χ1n) is 7.41. The van der Waals surface area contributed by atoms with Crippen molar-refractivity contribution in [1.29, 1.82) is 0 Å². The maximum atomic E-state index is 12.8. The molecule has 0 saturated carbocycles. The minimum atomic E-state index is -5.10. The van der Waals surface area contributed by atoms with Crippen molar-refractivity contribution in [2.24, 2.45) is 0 Å². The van der Waals surface area contributed by atoms with Gasteiger partial charge in [0.25, 0.3) is 5.91 Å². The Balaban J connectivity index is 1.95. The standard InChI is InChI=1S/C15H14BrF3N2O4/c1-24-10-3-2-8(16)11-7(10)6-9-12(25-14(23)15(17,18)19)20-4-5-21(9)13(11)22/h2-3,9,12,20H,4-6H2,1H3/t9-,12?/m1/s1. The smallest absolute Gasteiger partial charge is 0.490 e. The van der Waals surface area contributed by atoms with E-state index in [1.807, 2.05) is 0 Å². The zero-order valence-electron chi connectivity index (χ0n) is 13.0. The molecule has 2 atom stereocenters. The lowest BCUT2D eigenvalue weighted by molar-refractivity contribution is -0.210. The second-order valence-electron chi connectivity index (χ2n) is 5.65. The van der Waals surface area contributed by atoms with E-state index < -0.39 is 24.4 Å². The molecule has 1 N–H and O–H groups in total. The van der Waals surface area contributed by atoms with Crippen LogP contribution in [0.5, 0.6) is 5.75 Å². The van der Waals surface area contributed by atoms with Gasteiger partial charge in [-0.2, -0.15) is 13.2 Å². The van der Waals surface area contributed by atoms with Gasteiger partial charge in [-0.15, -0.1) is 0 Å². The van der Waals surface area contributed by atoms with E-state index in [-0.39, 0.29) is 18.9 Å². The van der Waals surface area contributed by atoms with Crippen LogP contribution in [0.4, 0.5) is 13.2 Å². The molecule has 0 spiro atoms. The van der Waals surface area contributed by atoms with Crippen LogP contribution in [-0.4, -0.2) is 55.4 Å². The first kappa shape index (κ1) is 18.0. The lowest BCUT2D eigenvalue weighted by Crippen LogP contribution is -2.63. The molecule has 1 unspecified atom stereocenters. The molecule has 0 aliphatic carbocycles. The number of halogens is 4. The van der Waals surface area contributed by atoms with E-state index in [2.05, 4.69) is 26.0 Å². The van der Waals surface area contributed by atoms with E-state index in [0.717, 1.165) is 0 Å². The van der Waals surface area contributed by atoms with Gasteiger partial charge < -0.3 is 14.4 Å². The van der Waals surface area contributed by atoms with Crippen LogP contribution < -0.4 is 10.1 Å². The Hall–Kier alpha value is -1.81. The number of piperazine rings is 1. The average Bonchev–Trinajstić information content (AvgIpc) is 2.55. The third-order valence-electron chi connectivity index (χ3n) is 4.24. The highest BCUT2D eigenvalue weighted by atomic mass is 79.9. The summed E-state index contributed by atoms with van der Waals surface area (Å²) in [5.74, 6) is -2.17. The molecule has 2 aliphatic heterocycles. The van der Waals surface area contributed by atoms with Crippen LogP contribution in [0.3, 0.4) is 0 Å². The molecular weight excluding hydrogens is 409 g/mol. The molecule has 6 nitrogen and oxygen atoms in total. The van der Waals surface area contributed by atoms with Crippen molar-refractivity contribution in [3.63, 3.8) is 0 Å². The molecule has 2 aliphatic rings. The molecule has 3 rings (SSSR count). The Morgan fingerprint density at radius 3 is 2.76 bits per heavy atom. The Kier molecular flexibility index (Phi) is 4.67. The lowest BCUT2D eigenvalue weighted by Gasteiger charge is -2.44. The van der Waals surface area contributed by atoms with E-state index in [1.54, 1.807) is 12.1 Å². The van der Waals surface area contributed by atoms with Crippen LogP contribution in [0, 0.1) is 0 Å². The summed E-state index contributed by atoms with van der Waals surface area (Å²) in [5.41, 5.74) is 0.985. The fourth-order valence-electron chi connectivity index (χ4n) is 3.14. The Bertz CT molecular complexity index is 725. The summed E-state index contributed by atoms with van der Waals surface area (Å²) < 4.78 is 47.9. The maximum absolute atomic E-state index is 12.8. The van der Waals surface area contributed by atoms with E-state index >= 15 is 0 Å². The molecule has 0 radical (unpaired) electrons. The number of amides is 1. The summed E-state index contributed by atoms with van der Waals surface area (Å²) in [6, 6.07) is 2.60. The number of nitrogens with one attached hydrogen (secondary N) is 1. The van der Waals surface area contributed by atoms with Gasteiger partial charge in [-0.05, 0) is 28.1 Å². The topological polar surface area (TPSA) is 67.9 Å². The largest absolute Gasteiger partial charge is 0.496 e. The monoisotopic (exact) mass is 422 g/mol. The molecule has 1 aromatic carbocycles. The van der Waals surface area contributed by atoms with Crippen molar-refractivity contribution in [2.45, 2.75) is 24.9 Å². The highest BCUT2D eigenvalue weighted by Gasteiger charge is 2.47. The average molecular weight is 423 g/mol. The number of alkyl halides is 3. The van der Waals surface area contributed by atoms with Crippen molar-refractivity contribution in [2.75, 3.05) is 20.2 Å². The van der Waals surface area contributed by atoms with Crippen molar-refractivity contribution < 1.29 is 32.2 Å². The molecule has 0 bridgehead atoms.